The van der Waals surface area contributed by atoms with Crippen molar-refractivity contribution in [2.45, 2.75) is 93.5 Å². The van der Waals surface area contributed by atoms with Crippen molar-refractivity contribution >= 4 is 69.0 Å². The van der Waals surface area contributed by atoms with Crippen molar-refractivity contribution in [3.05, 3.63) is 72.1 Å². The Morgan fingerprint density at radius 1 is 0.684 bits per heavy atom. The molecule has 16 heteroatoms. The van der Waals surface area contributed by atoms with Crippen molar-refractivity contribution in [3.8, 4) is 0 Å². The van der Waals surface area contributed by atoms with Crippen molar-refractivity contribution in [3.63, 3.8) is 0 Å². The van der Waals surface area contributed by atoms with Crippen LogP contribution in [0.5, 0.6) is 0 Å². The molecule has 1 aliphatic carbocycles. The smallest absolute Gasteiger partial charge is 0.246 e. The van der Waals surface area contributed by atoms with E-state index in [9.17, 15) is 28.8 Å². The number of hydrogen-bond acceptors (Lipinski definition) is 8. The molecule has 3 saturated heterocycles. The van der Waals surface area contributed by atoms with Gasteiger partial charge in [-0.05, 0) is 61.9 Å². The van der Waals surface area contributed by atoms with Crippen LogP contribution in [0.2, 0.25) is 0 Å². The molecular weight excluding hydrogens is 747 g/mol. The third kappa shape index (κ3) is 7.59. The fourth-order valence-electron chi connectivity index (χ4n) is 8.99. The number of thioether (sulfide) groups is 1. The second-order valence-electron chi connectivity index (χ2n) is 15.6. The molecule has 6 amide bonds. The molecule has 2 aromatic heterocycles. The van der Waals surface area contributed by atoms with Crippen LogP contribution in [0.3, 0.4) is 0 Å². The molecular formula is C41H49N9O6S. The first-order valence-corrected chi connectivity index (χ1v) is 21.0. The van der Waals surface area contributed by atoms with Crippen molar-refractivity contribution in [1.82, 2.24) is 41.0 Å². The molecule has 57 heavy (non-hydrogen) atoms. The van der Waals surface area contributed by atoms with E-state index in [-0.39, 0.29) is 37.6 Å². The topological polar surface area (TPSA) is 215 Å². The van der Waals surface area contributed by atoms with Crippen LogP contribution in [0, 0.1) is 0 Å². The molecule has 3 aliphatic heterocycles. The zero-order valence-electron chi connectivity index (χ0n) is 31.7. The van der Waals surface area contributed by atoms with Gasteiger partial charge in [-0.1, -0.05) is 49.2 Å². The Morgan fingerprint density at radius 2 is 1.30 bits per heavy atom. The highest BCUT2D eigenvalue weighted by molar-refractivity contribution is 7.99. The minimum atomic E-state index is -1.37. The average molecular weight is 796 g/mol. The van der Waals surface area contributed by atoms with Crippen LogP contribution in [0.15, 0.2) is 60.9 Å². The summed E-state index contributed by atoms with van der Waals surface area (Å²) in [6, 6.07) is 10.3. The molecule has 4 fully saturated rings. The molecule has 4 aliphatic rings. The largest absolute Gasteiger partial charge is 0.361 e. The second-order valence-corrected chi connectivity index (χ2v) is 16.6. The van der Waals surface area contributed by atoms with Gasteiger partial charge in [0, 0.05) is 59.3 Å². The Balaban J connectivity index is 1.18. The third-order valence-electron chi connectivity index (χ3n) is 12.1. The summed E-state index contributed by atoms with van der Waals surface area (Å²) in [5.74, 6) is -2.34. The van der Waals surface area contributed by atoms with Gasteiger partial charge in [0.2, 0.25) is 35.4 Å². The Kier molecular flexibility index (Phi) is 11.0. The van der Waals surface area contributed by atoms with Gasteiger partial charge in [-0.2, -0.15) is 0 Å². The van der Waals surface area contributed by atoms with E-state index in [1.807, 2.05) is 54.7 Å². The maximum atomic E-state index is 14.6. The normalized spacial score (nSPS) is 26.2. The third-order valence-corrected chi connectivity index (χ3v) is 13.1. The summed E-state index contributed by atoms with van der Waals surface area (Å²) in [4.78, 5) is 96.0. The fraction of sp³-hybridized carbons (Fsp3) is 0.463. The first kappa shape index (κ1) is 38.5. The lowest BCUT2D eigenvalue weighted by Crippen LogP contribution is -2.65. The van der Waals surface area contributed by atoms with Gasteiger partial charge in [-0.25, -0.2) is 0 Å². The number of H-pyrrole nitrogens is 2. The summed E-state index contributed by atoms with van der Waals surface area (Å²) in [5, 5.41) is 13.7. The van der Waals surface area contributed by atoms with E-state index in [1.165, 1.54) is 21.6 Å². The number of fused-ring (bicyclic) bond motifs is 4. The first-order chi connectivity index (χ1) is 27.7. The summed E-state index contributed by atoms with van der Waals surface area (Å²) in [7, 11) is 0. The summed E-state index contributed by atoms with van der Waals surface area (Å²) < 4.78 is 0. The number of nitrogens with one attached hydrogen (secondary N) is 6. The van der Waals surface area contributed by atoms with E-state index in [0.29, 0.717) is 50.8 Å². The number of rotatable bonds is 6. The minimum Gasteiger partial charge on any atom is -0.361 e. The molecule has 300 valence electrons. The molecule has 0 bridgehead atoms. The van der Waals surface area contributed by atoms with Gasteiger partial charge in [0.1, 0.15) is 35.7 Å². The first-order valence-electron chi connectivity index (χ1n) is 19.9. The van der Waals surface area contributed by atoms with Crippen molar-refractivity contribution in [1.29, 1.82) is 0 Å². The van der Waals surface area contributed by atoms with Gasteiger partial charge >= 0.3 is 0 Å². The van der Waals surface area contributed by atoms with E-state index in [1.54, 1.807) is 6.20 Å². The number of carbonyl (C=O) groups excluding carboxylic acids is 6. The van der Waals surface area contributed by atoms with Crippen LogP contribution in [-0.4, -0.2) is 116 Å². The minimum absolute atomic E-state index is 0.0858. The van der Waals surface area contributed by atoms with E-state index in [0.717, 1.165) is 32.9 Å². The predicted octanol–water partition coefficient (Wildman–Crippen LogP) is 1.57. The lowest BCUT2D eigenvalue weighted by atomic mass is 9.93. The van der Waals surface area contributed by atoms with Crippen LogP contribution < -0.4 is 27.0 Å². The van der Waals surface area contributed by atoms with Gasteiger partial charge < -0.3 is 46.8 Å². The highest BCUT2D eigenvalue weighted by Crippen LogP contribution is 2.32. The van der Waals surface area contributed by atoms with Crippen LogP contribution in [-0.2, 0) is 41.6 Å². The molecule has 0 radical (unpaired) electrons. The lowest BCUT2D eigenvalue weighted by Gasteiger charge is -2.35. The Morgan fingerprint density at radius 3 is 1.95 bits per heavy atom. The Labute approximate surface area is 334 Å². The van der Waals surface area contributed by atoms with Gasteiger partial charge in [0.15, 0.2) is 0 Å². The number of amides is 6. The Bertz CT molecular complexity index is 2200. The summed E-state index contributed by atoms with van der Waals surface area (Å²) in [5.41, 5.74) is 7.94. The second kappa shape index (κ2) is 16.3. The number of para-hydroxylation sites is 2. The van der Waals surface area contributed by atoms with E-state index >= 15 is 0 Å². The number of nitrogens with zero attached hydrogens (tertiary/aromatic N) is 2. The number of aromatic nitrogens is 2. The zero-order chi connectivity index (χ0) is 39.7. The number of aromatic amines is 2. The number of hydrogen-bond donors (Lipinski definition) is 7. The maximum Gasteiger partial charge on any atom is 0.246 e. The van der Waals surface area contributed by atoms with Gasteiger partial charge in [-0.3, -0.25) is 28.8 Å². The molecule has 5 heterocycles. The fourth-order valence-corrected chi connectivity index (χ4v) is 10.2. The van der Waals surface area contributed by atoms with E-state index in [4.69, 9.17) is 5.73 Å². The highest BCUT2D eigenvalue weighted by Gasteiger charge is 2.47. The molecule has 15 nitrogen and oxygen atoms in total. The number of benzene rings is 2. The summed E-state index contributed by atoms with van der Waals surface area (Å²) in [6.07, 6.45) is 6.86. The quantitative estimate of drug-likeness (QED) is 0.152. The van der Waals surface area contributed by atoms with Crippen molar-refractivity contribution in [2.75, 3.05) is 24.7 Å². The molecule has 5 atom stereocenters. The van der Waals surface area contributed by atoms with Crippen molar-refractivity contribution < 1.29 is 28.8 Å². The molecule has 0 unspecified atom stereocenters. The van der Waals surface area contributed by atoms with Crippen LogP contribution in [0.25, 0.3) is 21.8 Å². The zero-order valence-corrected chi connectivity index (χ0v) is 32.5. The molecule has 2 aromatic carbocycles. The molecule has 4 aromatic rings. The standard InChI is InChI=1S/C41H49N9O6S/c42-16-13-30-38(54)49-17-7-12-33(49)39(55)50-23-57-22-34(50)37(53)46-32(19-25-21-44-29-11-4-2-9-27(25)29)36(52)48-41(14-5-6-15-41)40(56)47-31(35(51)45-30)18-24-20-43-28-10-3-1-8-26(24)28/h1-4,8-11,20-21,30-34,43-44H,5-7,12-19,22-23,42H2,(H,45,51)(H,46,53)(H,47,56)(H,48,52)/t30-,31-,32-,33+,34+/m0/s1. The van der Waals surface area contributed by atoms with Crippen molar-refractivity contribution in [2.24, 2.45) is 5.73 Å². The SMILES string of the molecule is NCC[C@@H]1NC(=O)[C@H](Cc2c[nH]c3ccccc23)NC(=O)C2(CCCC2)NC(=O)[C@H](Cc2c[nH]c3ccccc23)NC(=O)[C@H]2CSCN2C(=O)[C@H]2CCCN2C1=O. The highest BCUT2D eigenvalue weighted by atomic mass is 32.2. The Hall–Kier alpha value is -5.35. The predicted molar refractivity (Wildman–Crippen MR) is 216 cm³/mol. The summed E-state index contributed by atoms with van der Waals surface area (Å²) in [6.45, 7) is 0.386. The van der Waals surface area contributed by atoms with Crippen LogP contribution in [0.4, 0.5) is 0 Å². The number of carbonyl (C=O) groups is 6. The van der Waals surface area contributed by atoms with Gasteiger partial charge in [0.05, 0.1) is 5.88 Å². The van der Waals surface area contributed by atoms with Crippen LogP contribution >= 0.6 is 11.8 Å². The lowest BCUT2D eigenvalue weighted by molar-refractivity contribution is -0.148. The van der Waals surface area contributed by atoms with E-state index < -0.39 is 65.3 Å². The van der Waals surface area contributed by atoms with Gasteiger partial charge in [0.25, 0.3) is 0 Å². The van der Waals surface area contributed by atoms with E-state index in [2.05, 4.69) is 31.2 Å². The maximum absolute atomic E-state index is 14.6. The average Bonchev–Trinajstić information content (AvgIpc) is 4.07. The summed E-state index contributed by atoms with van der Waals surface area (Å²) >= 11 is 1.43. The molecule has 8 rings (SSSR count). The van der Waals surface area contributed by atoms with Crippen LogP contribution in [0.1, 0.15) is 56.1 Å². The van der Waals surface area contributed by atoms with Gasteiger partial charge in [-0.15, -0.1) is 11.8 Å². The molecule has 1 spiro atoms. The molecule has 1 saturated carbocycles. The molecule has 8 N–H and O–H groups in total. The monoisotopic (exact) mass is 795 g/mol. The number of nitrogens with two attached hydrogens (primary N) is 1.